The minimum absolute atomic E-state index is 0.108. The van der Waals surface area contributed by atoms with E-state index in [1.54, 1.807) is 0 Å². The largest absolute Gasteiger partial charge is 0.399 e. The van der Waals surface area contributed by atoms with Gasteiger partial charge >= 0.3 is 0 Å². The van der Waals surface area contributed by atoms with Crippen molar-refractivity contribution in [2.45, 2.75) is 32.2 Å². The number of hydrogen-bond donors (Lipinski definition) is 2. The second-order valence-corrected chi connectivity index (χ2v) is 7.30. The van der Waals surface area contributed by atoms with Crippen molar-refractivity contribution >= 4 is 33.7 Å². The van der Waals surface area contributed by atoms with E-state index in [1.165, 1.54) is 19.3 Å². The highest BCUT2D eigenvalue weighted by molar-refractivity contribution is 6.14. The van der Waals surface area contributed by atoms with Crippen molar-refractivity contribution in [3.05, 3.63) is 66.2 Å². The molecule has 4 rings (SSSR count). The Balaban J connectivity index is 1.69. The summed E-state index contributed by atoms with van der Waals surface area (Å²) in [4.78, 5) is 15.5. The lowest BCUT2D eigenvalue weighted by Crippen LogP contribution is -2.38. The van der Waals surface area contributed by atoms with E-state index in [4.69, 9.17) is 5.73 Å². The number of carbonyl (C=O) groups excluding carboxylic acids is 1. The predicted octanol–water partition coefficient (Wildman–Crippen LogP) is 5.05. The molecule has 0 saturated carbocycles. The van der Waals surface area contributed by atoms with Crippen LogP contribution < -0.4 is 16.0 Å². The molecule has 1 saturated heterocycles. The van der Waals surface area contributed by atoms with E-state index in [-0.39, 0.29) is 5.91 Å². The third-order valence-corrected chi connectivity index (χ3v) is 5.42. The van der Waals surface area contributed by atoms with Gasteiger partial charge < -0.3 is 16.0 Å². The predicted molar refractivity (Wildman–Crippen MR) is 113 cm³/mol. The van der Waals surface area contributed by atoms with Crippen LogP contribution in [0.2, 0.25) is 0 Å². The monoisotopic (exact) mass is 359 g/mol. The average Bonchev–Trinajstić information content (AvgIpc) is 2.68. The number of nitrogens with zero attached hydrogens (tertiary/aromatic N) is 1. The molecule has 0 unspecified atom stereocenters. The number of benzene rings is 3. The molecule has 0 aromatic heterocycles. The van der Waals surface area contributed by atoms with Gasteiger partial charge in [-0.3, -0.25) is 4.79 Å². The fraction of sp³-hybridized carbons (Fsp3) is 0.261. The van der Waals surface area contributed by atoms with Crippen molar-refractivity contribution < 1.29 is 4.79 Å². The summed E-state index contributed by atoms with van der Waals surface area (Å²) in [6, 6.07) is 20.0. The summed E-state index contributed by atoms with van der Waals surface area (Å²) in [5.41, 5.74) is 9.18. The first kappa shape index (κ1) is 17.4. The van der Waals surface area contributed by atoms with Crippen molar-refractivity contribution in [1.82, 2.24) is 0 Å². The number of fused-ring (bicyclic) bond motifs is 1. The van der Waals surface area contributed by atoms with Gasteiger partial charge in [-0.2, -0.15) is 0 Å². The van der Waals surface area contributed by atoms with Gasteiger partial charge in [0.15, 0.2) is 0 Å². The zero-order valence-corrected chi connectivity index (χ0v) is 15.6. The Labute approximate surface area is 160 Å². The van der Waals surface area contributed by atoms with Crippen LogP contribution in [0.15, 0.2) is 60.7 Å². The van der Waals surface area contributed by atoms with E-state index >= 15 is 0 Å². The molecule has 27 heavy (non-hydrogen) atoms. The minimum atomic E-state index is -0.108. The molecule has 0 bridgehead atoms. The van der Waals surface area contributed by atoms with Gasteiger partial charge in [0.05, 0.1) is 11.4 Å². The SMILES string of the molecule is C[C@@H]1CCCCN1c1ccc(N)cc1NC(=O)c1cccc2ccccc12. The number of nitrogen functional groups attached to an aromatic ring is 1. The van der Waals surface area contributed by atoms with Crippen molar-refractivity contribution in [2.24, 2.45) is 0 Å². The molecule has 0 spiro atoms. The van der Waals surface area contributed by atoms with E-state index in [2.05, 4.69) is 17.1 Å². The third-order valence-electron chi connectivity index (χ3n) is 5.42. The number of nitrogens with two attached hydrogens (primary N) is 1. The van der Waals surface area contributed by atoms with Crippen LogP contribution in [0, 0.1) is 0 Å². The molecule has 4 nitrogen and oxygen atoms in total. The highest BCUT2D eigenvalue weighted by Crippen LogP contribution is 2.33. The molecule has 0 aliphatic carbocycles. The van der Waals surface area contributed by atoms with E-state index in [9.17, 15) is 4.79 Å². The quantitative estimate of drug-likeness (QED) is 0.643. The van der Waals surface area contributed by atoms with Crippen LogP contribution in [-0.2, 0) is 0 Å². The maximum atomic E-state index is 13.1. The van der Waals surface area contributed by atoms with Gasteiger partial charge in [0.2, 0.25) is 0 Å². The average molecular weight is 359 g/mol. The summed E-state index contributed by atoms with van der Waals surface area (Å²) in [5, 5.41) is 5.13. The van der Waals surface area contributed by atoms with E-state index in [0.29, 0.717) is 17.3 Å². The summed E-state index contributed by atoms with van der Waals surface area (Å²) in [5.74, 6) is -0.108. The normalized spacial score (nSPS) is 17.1. The van der Waals surface area contributed by atoms with Crippen molar-refractivity contribution in [2.75, 3.05) is 22.5 Å². The molecular weight excluding hydrogens is 334 g/mol. The molecule has 4 heteroatoms. The van der Waals surface area contributed by atoms with Crippen molar-refractivity contribution in [1.29, 1.82) is 0 Å². The first-order chi connectivity index (χ1) is 13.1. The van der Waals surface area contributed by atoms with Crippen molar-refractivity contribution in [3.8, 4) is 0 Å². The van der Waals surface area contributed by atoms with Crippen LogP contribution in [0.1, 0.15) is 36.5 Å². The second-order valence-electron chi connectivity index (χ2n) is 7.30. The zero-order valence-electron chi connectivity index (χ0n) is 15.6. The van der Waals surface area contributed by atoms with Crippen LogP contribution in [-0.4, -0.2) is 18.5 Å². The van der Waals surface area contributed by atoms with Gasteiger partial charge in [-0.05, 0) is 61.2 Å². The Kier molecular flexibility index (Phi) is 4.71. The molecule has 0 radical (unpaired) electrons. The smallest absolute Gasteiger partial charge is 0.256 e. The number of anilines is 3. The Bertz CT molecular complexity index is 977. The second kappa shape index (κ2) is 7.31. The zero-order chi connectivity index (χ0) is 18.8. The summed E-state index contributed by atoms with van der Waals surface area (Å²) in [6.45, 7) is 3.24. The topological polar surface area (TPSA) is 58.4 Å². The van der Waals surface area contributed by atoms with E-state index < -0.39 is 0 Å². The van der Waals surface area contributed by atoms with Gasteiger partial charge in [-0.25, -0.2) is 0 Å². The minimum Gasteiger partial charge on any atom is -0.399 e. The molecule has 1 amide bonds. The highest BCUT2D eigenvalue weighted by atomic mass is 16.1. The lowest BCUT2D eigenvalue weighted by molar-refractivity contribution is 0.102. The Hall–Kier alpha value is -3.01. The fourth-order valence-corrected chi connectivity index (χ4v) is 3.97. The third kappa shape index (κ3) is 3.47. The van der Waals surface area contributed by atoms with Crippen LogP contribution in [0.4, 0.5) is 17.1 Å². The van der Waals surface area contributed by atoms with E-state index in [1.807, 2.05) is 60.7 Å². The molecule has 138 valence electrons. The van der Waals surface area contributed by atoms with Gasteiger partial charge in [0, 0.05) is 23.8 Å². The number of amides is 1. The summed E-state index contributed by atoms with van der Waals surface area (Å²) in [7, 11) is 0. The molecule has 1 atom stereocenters. The number of rotatable bonds is 3. The van der Waals surface area contributed by atoms with Gasteiger partial charge in [-0.15, -0.1) is 0 Å². The Morgan fingerprint density at radius 2 is 1.89 bits per heavy atom. The summed E-state index contributed by atoms with van der Waals surface area (Å²) in [6.07, 6.45) is 3.59. The number of carbonyl (C=O) groups is 1. The lowest BCUT2D eigenvalue weighted by Gasteiger charge is -2.36. The molecular formula is C23H25N3O. The molecule has 3 N–H and O–H groups in total. The van der Waals surface area contributed by atoms with E-state index in [0.717, 1.165) is 28.7 Å². The van der Waals surface area contributed by atoms with Gasteiger partial charge in [0.1, 0.15) is 0 Å². The first-order valence-electron chi connectivity index (χ1n) is 9.59. The summed E-state index contributed by atoms with van der Waals surface area (Å²) < 4.78 is 0. The molecule has 1 fully saturated rings. The Morgan fingerprint density at radius 1 is 1.07 bits per heavy atom. The van der Waals surface area contributed by atoms with Crippen LogP contribution in [0.5, 0.6) is 0 Å². The number of piperidine rings is 1. The highest BCUT2D eigenvalue weighted by Gasteiger charge is 2.22. The molecule has 3 aromatic carbocycles. The molecule has 1 aliphatic heterocycles. The van der Waals surface area contributed by atoms with Crippen LogP contribution in [0.25, 0.3) is 10.8 Å². The van der Waals surface area contributed by atoms with Crippen LogP contribution in [0.3, 0.4) is 0 Å². The van der Waals surface area contributed by atoms with Crippen LogP contribution >= 0.6 is 0 Å². The first-order valence-corrected chi connectivity index (χ1v) is 9.59. The summed E-state index contributed by atoms with van der Waals surface area (Å²) >= 11 is 0. The van der Waals surface area contributed by atoms with Gasteiger partial charge in [-0.1, -0.05) is 36.4 Å². The lowest BCUT2D eigenvalue weighted by atomic mass is 10.0. The molecule has 1 aliphatic rings. The number of hydrogen-bond acceptors (Lipinski definition) is 3. The molecule has 3 aromatic rings. The maximum Gasteiger partial charge on any atom is 0.256 e. The standard InChI is InChI=1S/C23H25N3O/c1-16-7-4-5-14-26(16)22-13-12-18(24)15-21(22)25-23(27)20-11-6-9-17-8-2-3-10-19(17)20/h2-3,6,8-13,15-16H,4-5,7,14,24H2,1H3,(H,25,27)/t16-/m1/s1. The van der Waals surface area contributed by atoms with Gasteiger partial charge in [0.25, 0.3) is 5.91 Å². The maximum absolute atomic E-state index is 13.1. The fourth-order valence-electron chi connectivity index (χ4n) is 3.97. The molecule has 1 heterocycles. The Morgan fingerprint density at radius 3 is 2.74 bits per heavy atom. The number of nitrogens with one attached hydrogen (secondary N) is 1. The van der Waals surface area contributed by atoms with Crippen molar-refractivity contribution in [3.63, 3.8) is 0 Å².